The van der Waals surface area contributed by atoms with Crippen LogP contribution in [0.25, 0.3) is 0 Å². The van der Waals surface area contributed by atoms with Crippen molar-refractivity contribution in [1.29, 1.82) is 0 Å². The van der Waals surface area contributed by atoms with Crippen LogP contribution in [0.5, 0.6) is 0 Å². The molecule has 3 rings (SSSR count). The van der Waals surface area contributed by atoms with Crippen molar-refractivity contribution in [2.75, 3.05) is 39.0 Å². The quantitative estimate of drug-likeness (QED) is 0.890. The molecule has 1 saturated heterocycles. The predicted octanol–water partition coefficient (Wildman–Crippen LogP) is 0.710. The molecule has 0 radical (unpaired) electrons. The fraction of sp³-hybridized carbons (Fsp3) is 0.600. The molecule has 21 heavy (non-hydrogen) atoms. The van der Waals surface area contributed by atoms with Crippen molar-refractivity contribution in [2.45, 2.75) is 18.4 Å². The van der Waals surface area contributed by atoms with E-state index in [0.29, 0.717) is 13.2 Å². The maximum atomic E-state index is 11.1. The summed E-state index contributed by atoms with van der Waals surface area (Å²) in [6, 6.07) is 8.49. The number of morpholine rings is 1. The van der Waals surface area contributed by atoms with Crippen LogP contribution in [0, 0.1) is 0 Å². The van der Waals surface area contributed by atoms with Crippen LogP contribution >= 0.6 is 0 Å². The lowest BCUT2D eigenvalue weighted by Gasteiger charge is -2.41. The third-order valence-electron chi connectivity index (χ3n) is 4.36. The van der Waals surface area contributed by atoms with E-state index in [1.54, 1.807) is 0 Å². The Morgan fingerprint density at radius 3 is 3.00 bits per heavy atom. The Hall–Kier alpha value is -0.950. The number of ether oxygens (including phenoxy) is 1. The first-order valence-corrected chi connectivity index (χ1v) is 9.27. The minimum atomic E-state index is -3.11. The topological polar surface area (TPSA) is 58.6 Å². The third-order valence-corrected chi connectivity index (χ3v) is 5.09. The standard InChI is InChI=1S/C15H22N2O3S/c1-21(18,19)16-8-9-17-10-11-20-15(12-17)7-6-13-4-2-3-5-14(13)15/h2-5,16H,6-12H2,1H3/t15-/m1/s1. The van der Waals surface area contributed by atoms with Gasteiger partial charge in [0.2, 0.25) is 10.0 Å². The smallest absolute Gasteiger partial charge is 0.208 e. The molecule has 0 bridgehead atoms. The summed E-state index contributed by atoms with van der Waals surface area (Å²) in [4.78, 5) is 2.30. The number of fused-ring (bicyclic) bond motifs is 2. The lowest BCUT2D eigenvalue weighted by Crippen LogP contribution is -2.50. The second-order valence-electron chi connectivity index (χ2n) is 5.94. The van der Waals surface area contributed by atoms with Crippen molar-refractivity contribution >= 4 is 10.0 Å². The van der Waals surface area contributed by atoms with Gasteiger partial charge in [0.25, 0.3) is 0 Å². The average Bonchev–Trinajstić information content (AvgIpc) is 2.77. The second-order valence-corrected chi connectivity index (χ2v) is 7.78. The largest absolute Gasteiger partial charge is 0.368 e. The maximum absolute atomic E-state index is 11.1. The van der Waals surface area contributed by atoms with Crippen LogP contribution in [-0.2, 0) is 26.8 Å². The Morgan fingerprint density at radius 2 is 2.19 bits per heavy atom. The van der Waals surface area contributed by atoms with Gasteiger partial charge < -0.3 is 4.74 Å². The Kier molecular flexibility index (Phi) is 4.05. The number of nitrogens with zero attached hydrogens (tertiary/aromatic N) is 1. The summed E-state index contributed by atoms with van der Waals surface area (Å²) in [6.07, 6.45) is 3.27. The van der Waals surface area contributed by atoms with Crippen molar-refractivity contribution in [1.82, 2.24) is 9.62 Å². The van der Waals surface area contributed by atoms with Crippen molar-refractivity contribution in [2.24, 2.45) is 0 Å². The van der Waals surface area contributed by atoms with Crippen molar-refractivity contribution in [3.63, 3.8) is 0 Å². The summed E-state index contributed by atoms with van der Waals surface area (Å²) in [5, 5.41) is 0. The van der Waals surface area contributed by atoms with Gasteiger partial charge >= 0.3 is 0 Å². The average molecular weight is 310 g/mol. The van der Waals surface area contributed by atoms with Gasteiger partial charge in [0.15, 0.2) is 0 Å². The van der Waals surface area contributed by atoms with Crippen LogP contribution in [0.15, 0.2) is 24.3 Å². The van der Waals surface area contributed by atoms with E-state index in [0.717, 1.165) is 32.5 Å². The van der Waals surface area contributed by atoms with Crippen LogP contribution in [0.2, 0.25) is 0 Å². The summed E-state index contributed by atoms with van der Waals surface area (Å²) in [5.74, 6) is 0. The number of rotatable bonds is 4. The van der Waals surface area contributed by atoms with Crippen molar-refractivity contribution in [3.05, 3.63) is 35.4 Å². The number of benzene rings is 1. The van der Waals surface area contributed by atoms with E-state index in [-0.39, 0.29) is 5.60 Å². The number of hydrogen-bond acceptors (Lipinski definition) is 4. The highest BCUT2D eigenvalue weighted by molar-refractivity contribution is 7.88. The Morgan fingerprint density at radius 1 is 1.38 bits per heavy atom. The van der Waals surface area contributed by atoms with Gasteiger partial charge in [0, 0.05) is 26.2 Å². The van der Waals surface area contributed by atoms with E-state index >= 15 is 0 Å². The molecule has 0 unspecified atom stereocenters. The van der Waals surface area contributed by atoms with E-state index in [4.69, 9.17) is 4.74 Å². The van der Waals surface area contributed by atoms with E-state index in [9.17, 15) is 8.42 Å². The van der Waals surface area contributed by atoms with Gasteiger partial charge in [-0.3, -0.25) is 4.90 Å². The summed E-state index contributed by atoms with van der Waals surface area (Å²) in [7, 11) is -3.11. The second kappa shape index (κ2) is 5.68. The minimum absolute atomic E-state index is 0.195. The van der Waals surface area contributed by atoms with Crippen LogP contribution in [0.1, 0.15) is 17.5 Å². The third kappa shape index (κ3) is 3.29. The summed E-state index contributed by atoms with van der Waals surface area (Å²) < 4.78 is 31.0. The molecule has 5 nitrogen and oxygen atoms in total. The van der Waals surface area contributed by atoms with Crippen LogP contribution < -0.4 is 4.72 Å². The first-order chi connectivity index (χ1) is 9.99. The molecular weight excluding hydrogens is 288 g/mol. The van der Waals surface area contributed by atoms with Crippen molar-refractivity contribution < 1.29 is 13.2 Å². The number of aryl methyl sites for hydroxylation is 1. The Balaban J connectivity index is 1.67. The summed E-state index contributed by atoms with van der Waals surface area (Å²) in [6.45, 7) is 3.58. The van der Waals surface area contributed by atoms with E-state index in [1.165, 1.54) is 17.4 Å². The van der Waals surface area contributed by atoms with Gasteiger partial charge in [-0.1, -0.05) is 24.3 Å². The zero-order valence-electron chi connectivity index (χ0n) is 12.3. The zero-order chi connectivity index (χ0) is 14.9. The fourth-order valence-electron chi connectivity index (χ4n) is 3.40. The fourth-order valence-corrected chi connectivity index (χ4v) is 3.87. The summed E-state index contributed by atoms with van der Waals surface area (Å²) in [5.41, 5.74) is 2.50. The van der Waals surface area contributed by atoms with Crippen LogP contribution in [0.3, 0.4) is 0 Å². The molecule has 0 saturated carbocycles. The van der Waals surface area contributed by atoms with Gasteiger partial charge in [-0.05, 0) is 24.0 Å². The molecule has 1 spiro atoms. The molecule has 1 N–H and O–H groups in total. The first kappa shape index (κ1) is 15.0. The molecule has 1 aromatic rings. The molecule has 0 amide bonds. The van der Waals surface area contributed by atoms with Gasteiger partial charge in [-0.15, -0.1) is 0 Å². The van der Waals surface area contributed by atoms with Gasteiger partial charge in [0.1, 0.15) is 5.60 Å². The monoisotopic (exact) mass is 310 g/mol. The molecule has 1 aliphatic heterocycles. The SMILES string of the molecule is CS(=O)(=O)NCCN1CCO[C@]2(CCc3ccccc32)C1. The molecular formula is C15H22N2O3S. The van der Waals surface area contributed by atoms with E-state index in [1.807, 2.05) is 0 Å². The first-order valence-electron chi connectivity index (χ1n) is 7.38. The Labute approximate surface area is 126 Å². The van der Waals surface area contributed by atoms with Gasteiger partial charge in [-0.25, -0.2) is 13.1 Å². The van der Waals surface area contributed by atoms with Gasteiger partial charge in [0.05, 0.1) is 12.9 Å². The molecule has 6 heteroatoms. The number of sulfonamides is 1. The predicted molar refractivity (Wildman–Crippen MR) is 81.7 cm³/mol. The molecule has 2 aliphatic rings. The molecule has 1 aromatic carbocycles. The number of hydrogen-bond donors (Lipinski definition) is 1. The maximum Gasteiger partial charge on any atom is 0.208 e. The molecule has 1 heterocycles. The normalized spacial score (nSPS) is 26.1. The molecule has 116 valence electrons. The number of nitrogens with one attached hydrogen (secondary N) is 1. The highest BCUT2D eigenvalue weighted by Gasteiger charge is 2.42. The lowest BCUT2D eigenvalue weighted by molar-refractivity contribution is -0.113. The zero-order valence-corrected chi connectivity index (χ0v) is 13.2. The highest BCUT2D eigenvalue weighted by Crippen LogP contribution is 2.41. The van der Waals surface area contributed by atoms with E-state index < -0.39 is 10.0 Å². The molecule has 1 fully saturated rings. The van der Waals surface area contributed by atoms with Gasteiger partial charge in [-0.2, -0.15) is 0 Å². The highest BCUT2D eigenvalue weighted by atomic mass is 32.2. The van der Waals surface area contributed by atoms with Crippen molar-refractivity contribution in [3.8, 4) is 0 Å². The van der Waals surface area contributed by atoms with Crippen LogP contribution in [-0.4, -0.2) is 52.4 Å². The lowest BCUT2D eigenvalue weighted by atomic mass is 9.93. The molecule has 1 atom stereocenters. The molecule has 1 aliphatic carbocycles. The van der Waals surface area contributed by atoms with E-state index in [2.05, 4.69) is 33.9 Å². The van der Waals surface area contributed by atoms with Crippen LogP contribution in [0.4, 0.5) is 0 Å². The summed E-state index contributed by atoms with van der Waals surface area (Å²) >= 11 is 0. The Bertz CT molecular complexity index is 613. The molecule has 0 aromatic heterocycles. The minimum Gasteiger partial charge on any atom is -0.368 e.